The van der Waals surface area contributed by atoms with Gasteiger partial charge in [0.1, 0.15) is 5.75 Å². The third-order valence-electron chi connectivity index (χ3n) is 1.67. The number of hydrogen-bond donors (Lipinski definition) is 0. The van der Waals surface area contributed by atoms with E-state index < -0.39 is 6.43 Å². The molecule has 5 heteroatoms. The van der Waals surface area contributed by atoms with Gasteiger partial charge in [-0.05, 0) is 6.07 Å². The molecular weight excluding hydrogens is 190 g/mol. The first-order valence-corrected chi connectivity index (χ1v) is 3.87. The molecule has 14 heavy (non-hydrogen) atoms. The van der Waals surface area contributed by atoms with Gasteiger partial charge >= 0.3 is 0 Å². The minimum atomic E-state index is -2.62. The zero-order valence-electron chi connectivity index (χ0n) is 7.50. The van der Waals surface area contributed by atoms with E-state index in [2.05, 4.69) is 4.98 Å². The van der Waals surface area contributed by atoms with Gasteiger partial charge in [-0.15, -0.1) is 0 Å². The molecule has 0 aliphatic rings. The van der Waals surface area contributed by atoms with Crippen molar-refractivity contribution in [1.29, 1.82) is 5.26 Å². The zero-order valence-corrected chi connectivity index (χ0v) is 7.50. The number of aromatic nitrogens is 1. The Bertz CT molecular complexity index is 360. The number of nitriles is 1. The number of nitrogens with zero attached hydrogens (tertiary/aromatic N) is 2. The lowest BCUT2D eigenvalue weighted by atomic mass is 10.2. The Hall–Kier alpha value is -1.70. The fourth-order valence-corrected chi connectivity index (χ4v) is 1.02. The van der Waals surface area contributed by atoms with E-state index in [1.54, 1.807) is 0 Å². The molecular formula is C9H8F2N2O. The molecule has 0 radical (unpaired) electrons. The van der Waals surface area contributed by atoms with E-state index in [9.17, 15) is 8.78 Å². The van der Waals surface area contributed by atoms with Gasteiger partial charge < -0.3 is 4.74 Å². The normalized spacial score (nSPS) is 9.93. The maximum absolute atomic E-state index is 12.4. The molecule has 0 bridgehead atoms. The number of rotatable bonds is 3. The third kappa shape index (κ3) is 2.16. The van der Waals surface area contributed by atoms with Crippen LogP contribution in [0.1, 0.15) is 17.7 Å². The van der Waals surface area contributed by atoms with Crippen LogP contribution in [0.15, 0.2) is 12.3 Å². The Labute approximate surface area is 79.9 Å². The van der Waals surface area contributed by atoms with E-state index in [0.717, 1.165) is 0 Å². The van der Waals surface area contributed by atoms with Crippen LogP contribution < -0.4 is 4.74 Å². The summed E-state index contributed by atoms with van der Waals surface area (Å²) in [5.41, 5.74) is 0.0938. The highest BCUT2D eigenvalue weighted by atomic mass is 19.3. The molecule has 0 atom stereocenters. The lowest BCUT2D eigenvalue weighted by Gasteiger charge is -2.07. The van der Waals surface area contributed by atoms with E-state index in [4.69, 9.17) is 10.00 Å². The number of ether oxygens (including phenoxy) is 1. The number of alkyl halides is 2. The Morgan fingerprint density at radius 3 is 2.86 bits per heavy atom. The highest BCUT2D eigenvalue weighted by Gasteiger charge is 2.14. The van der Waals surface area contributed by atoms with Crippen LogP contribution in [0.4, 0.5) is 8.78 Å². The van der Waals surface area contributed by atoms with Crippen LogP contribution in [-0.2, 0) is 6.42 Å². The predicted octanol–water partition coefficient (Wildman–Crippen LogP) is 2.09. The van der Waals surface area contributed by atoms with Crippen molar-refractivity contribution in [2.75, 3.05) is 7.11 Å². The van der Waals surface area contributed by atoms with Gasteiger partial charge in [0, 0.05) is 0 Å². The van der Waals surface area contributed by atoms with Gasteiger partial charge in [-0.1, -0.05) is 0 Å². The van der Waals surface area contributed by atoms with Gasteiger partial charge in [-0.3, -0.25) is 4.98 Å². The van der Waals surface area contributed by atoms with E-state index in [1.165, 1.54) is 19.4 Å². The van der Waals surface area contributed by atoms with Gasteiger partial charge in [-0.25, -0.2) is 8.78 Å². The summed E-state index contributed by atoms with van der Waals surface area (Å²) in [4.78, 5) is 3.80. The molecule has 1 rings (SSSR count). The summed E-state index contributed by atoms with van der Waals surface area (Å²) in [6.07, 6.45) is -1.40. The third-order valence-corrected chi connectivity index (χ3v) is 1.67. The molecule has 3 nitrogen and oxygen atoms in total. The predicted molar refractivity (Wildman–Crippen MR) is 45.1 cm³/mol. The monoisotopic (exact) mass is 198 g/mol. The average Bonchev–Trinajstić information content (AvgIpc) is 2.18. The molecule has 74 valence electrons. The molecule has 1 heterocycles. The first-order valence-electron chi connectivity index (χ1n) is 3.87. The molecule has 0 aliphatic carbocycles. The first-order chi connectivity index (χ1) is 6.69. The lowest BCUT2D eigenvalue weighted by molar-refractivity contribution is 0.146. The molecule has 0 saturated carbocycles. The lowest BCUT2D eigenvalue weighted by Crippen LogP contribution is -1.97. The maximum Gasteiger partial charge on any atom is 0.267 e. The summed E-state index contributed by atoms with van der Waals surface area (Å²) < 4.78 is 29.6. The Morgan fingerprint density at radius 2 is 2.36 bits per heavy atom. The number of halogens is 2. The summed E-state index contributed by atoms with van der Waals surface area (Å²) in [6, 6.07) is 3.03. The molecule has 1 aromatic rings. The minimum absolute atomic E-state index is 0.0176. The van der Waals surface area contributed by atoms with Crippen LogP contribution in [-0.4, -0.2) is 12.1 Å². The van der Waals surface area contributed by atoms with Crippen LogP contribution in [0.2, 0.25) is 0 Å². The van der Waals surface area contributed by atoms with Crippen LogP contribution in [0.3, 0.4) is 0 Å². The molecule has 0 saturated heterocycles. The van der Waals surface area contributed by atoms with Gasteiger partial charge in [0.25, 0.3) is 6.43 Å². The Balaban J connectivity index is 3.09. The van der Waals surface area contributed by atoms with Gasteiger partial charge in [0.15, 0.2) is 0 Å². The van der Waals surface area contributed by atoms with Crippen molar-refractivity contribution in [3.8, 4) is 11.8 Å². The van der Waals surface area contributed by atoms with E-state index in [1.807, 2.05) is 6.07 Å². The first kappa shape index (κ1) is 10.4. The van der Waals surface area contributed by atoms with Crippen molar-refractivity contribution in [3.63, 3.8) is 0 Å². The second kappa shape index (κ2) is 4.51. The number of methoxy groups -OCH3 is 1. The Kier molecular flexibility index (Phi) is 3.35. The van der Waals surface area contributed by atoms with Crippen LogP contribution in [0, 0.1) is 11.3 Å². The van der Waals surface area contributed by atoms with Gasteiger partial charge in [0.05, 0.1) is 37.1 Å². The average molecular weight is 198 g/mol. The van der Waals surface area contributed by atoms with Crippen molar-refractivity contribution >= 4 is 0 Å². The highest BCUT2D eigenvalue weighted by Crippen LogP contribution is 2.28. The molecule has 1 aromatic heterocycles. The fourth-order valence-electron chi connectivity index (χ4n) is 1.02. The van der Waals surface area contributed by atoms with Crippen LogP contribution >= 0.6 is 0 Å². The molecule has 0 spiro atoms. The number of pyridine rings is 1. The van der Waals surface area contributed by atoms with E-state index >= 15 is 0 Å². The van der Waals surface area contributed by atoms with Gasteiger partial charge in [0.2, 0.25) is 0 Å². The molecule has 0 amide bonds. The van der Waals surface area contributed by atoms with Crippen molar-refractivity contribution in [1.82, 2.24) is 4.98 Å². The van der Waals surface area contributed by atoms with E-state index in [0.29, 0.717) is 5.69 Å². The molecule has 0 aliphatic heterocycles. The smallest absolute Gasteiger partial charge is 0.267 e. The summed E-state index contributed by atoms with van der Waals surface area (Å²) >= 11 is 0. The summed E-state index contributed by atoms with van der Waals surface area (Å²) in [5, 5.41) is 8.37. The number of hydrogen-bond acceptors (Lipinski definition) is 3. The van der Waals surface area contributed by atoms with Crippen LogP contribution in [0.5, 0.6) is 5.75 Å². The van der Waals surface area contributed by atoms with Crippen molar-refractivity contribution in [3.05, 3.63) is 23.5 Å². The maximum atomic E-state index is 12.4. The van der Waals surface area contributed by atoms with Crippen molar-refractivity contribution in [2.45, 2.75) is 12.8 Å². The van der Waals surface area contributed by atoms with Crippen LogP contribution in [0.25, 0.3) is 0 Å². The summed E-state index contributed by atoms with van der Waals surface area (Å²) in [6.45, 7) is 0. The Morgan fingerprint density at radius 1 is 1.64 bits per heavy atom. The standard InChI is InChI=1S/C9H8F2N2O/c1-14-8-5-13-6(2-3-12)4-7(8)9(10)11/h4-5,9H,2H2,1H3. The SMILES string of the molecule is COc1cnc(CC#N)cc1C(F)F. The quantitative estimate of drug-likeness (QED) is 0.747. The summed E-state index contributed by atoms with van der Waals surface area (Å²) in [5.74, 6) is 0.0432. The van der Waals surface area contributed by atoms with E-state index in [-0.39, 0.29) is 17.7 Å². The summed E-state index contributed by atoms with van der Waals surface area (Å²) in [7, 11) is 1.30. The largest absolute Gasteiger partial charge is 0.495 e. The molecule has 0 unspecified atom stereocenters. The second-order valence-corrected chi connectivity index (χ2v) is 2.55. The fraction of sp³-hybridized carbons (Fsp3) is 0.333. The molecule has 0 aromatic carbocycles. The van der Waals surface area contributed by atoms with Crippen molar-refractivity contribution in [2.24, 2.45) is 0 Å². The zero-order chi connectivity index (χ0) is 10.6. The topological polar surface area (TPSA) is 45.9 Å². The molecule has 0 N–H and O–H groups in total. The highest BCUT2D eigenvalue weighted by molar-refractivity contribution is 5.34. The van der Waals surface area contributed by atoms with Crippen molar-refractivity contribution < 1.29 is 13.5 Å². The molecule has 0 fully saturated rings. The second-order valence-electron chi connectivity index (χ2n) is 2.55. The van der Waals surface area contributed by atoms with Gasteiger partial charge in [-0.2, -0.15) is 5.26 Å². The minimum Gasteiger partial charge on any atom is -0.495 e.